The topological polar surface area (TPSA) is 38.5 Å². The van der Waals surface area contributed by atoms with Gasteiger partial charge in [0.05, 0.1) is 13.2 Å². The van der Waals surface area contributed by atoms with Crippen molar-refractivity contribution >= 4 is 0 Å². The Morgan fingerprint density at radius 3 is 2.89 bits per heavy atom. The minimum absolute atomic E-state index is 0.0522. The van der Waals surface area contributed by atoms with Crippen molar-refractivity contribution in [3.05, 3.63) is 35.1 Å². The number of morpholine rings is 1. The molecule has 4 heteroatoms. The molecule has 0 aliphatic carbocycles. The first-order valence-electron chi connectivity index (χ1n) is 6.33. The molecule has 0 atom stereocenters. The van der Waals surface area contributed by atoms with E-state index in [0.29, 0.717) is 31.9 Å². The van der Waals surface area contributed by atoms with E-state index in [4.69, 9.17) is 10.5 Å². The van der Waals surface area contributed by atoms with E-state index in [-0.39, 0.29) is 11.4 Å². The number of hydrogen-bond acceptors (Lipinski definition) is 3. The van der Waals surface area contributed by atoms with Crippen LogP contribution in [0.4, 0.5) is 4.39 Å². The standard InChI is InChI=1S/C14H21FN2O/c1-14(2)10-18-6-5-17(14)9-12-7-11(8-16)3-4-13(12)15/h3-4,7H,5-6,8-10,16H2,1-2H3. The largest absolute Gasteiger partial charge is 0.378 e. The molecule has 1 aromatic rings. The molecule has 1 aliphatic heterocycles. The van der Waals surface area contributed by atoms with Crippen molar-refractivity contribution in [2.45, 2.75) is 32.5 Å². The molecule has 0 spiro atoms. The van der Waals surface area contributed by atoms with Gasteiger partial charge in [-0.2, -0.15) is 0 Å². The average molecular weight is 252 g/mol. The highest BCUT2D eigenvalue weighted by Gasteiger charge is 2.30. The van der Waals surface area contributed by atoms with Crippen molar-refractivity contribution in [2.24, 2.45) is 5.73 Å². The van der Waals surface area contributed by atoms with E-state index >= 15 is 0 Å². The maximum absolute atomic E-state index is 13.8. The highest BCUT2D eigenvalue weighted by Crippen LogP contribution is 2.23. The minimum atomic E-state index is -0.158. The molecule has 18 heavy (non-hydrogen) atoms. The van der Waals surface area contributed by atoms with Gasteiger partial charge < -0.3 is 10.5 Å². The van der Waals surface area contributed by atoms with Crippen LogP contribution in [0, 0.1) is 5.82 Å². The smallest absolute Gasteiger partial charge is 0.127 e. The Bertz CT molecular complexity index is 420. The third-order valence-electron chi connectivity index (χ3n) is 3.52. The van der Waals surface area contributed by atoms with Crippen LogP contribution in [0.2, 0.25) is 0 Å². The highest BCUT2D eigenvalue weighted by atomic mass is 19.1. The lowest BCUT2D eigenvalue weighted by Gasteiger charge is -2.42. The van der Waals surface area contributed by atoms with Crippen LogP contribution in [0.15, 0.2) is 18.2 Å². The summed E-state index contributed by atoms with van der Waals surface area (Å²) in [5.74, 6) is -0.158. The molecule has 0 bridgehead atoms. The fraction of sp³-hybridized carbons (Fsp3) is 0.571. The summed E-state index contributed by atoms with van der Waals surface area (Å²) in [4.78, 5) is 2.26. The van der Waals surface area contributed by atoms with Gasteiger partial charge in [-0.15, -0.1) is 0 Å². The van der Waals surface area contributed by atoms with E-state index < -0.39 is 0 Å². The Balaban J connectivity index is 2.17. The molecule has 2 rings (SSSR count). The molecule has 0 radical (unpaired) electrons. The van der Waals surface area contributed by atoms with Crippen molar-refractivity contribution in [2.75, 3.05) is 19.8 Å². The van der Waals surface area contributed by atoms with Gasteiger partial charge in [0.2, 0.25) is 0 Å². The van der Waals surface area contributed by atoms with Crippen molar-refractivity contribution in [1.82, 2.24) is 4.90 Å². The predicted octanol–water partition coefficient (Wildman–Crippen LogP) is 1.90. The minimum Gasteiger partial charge on any atom is -0.378 e. The normalized spacial score (nSPS) is 20.0. The summed E-state index contributed by atoms with van der Waals surface area (Å²) < 4.78 is 19.3. The van der Waals surface area contributed by atoms with Gasteiger partial charge in [-0.05, 0) is 25.5 Å². The lowest BCUT2D eigenvalue weighted by atomic mass is 10.0. The molecule has 1 aliphatic rings. The molecule has 1 heterocycles. The summed E-state index contributed by atoms with van der Waals surface area (Å²) in [6.45, 7) is 7.52. The van der Waals surface area contributed by atoms with Crippen molar-refractivity contribution in [3.8, 4) is 0 Å². The Labute approximate surface area is 108 Å². The summed E-state index contributed by atoms with van der Waals surface area (Å²) in [6.07, 6.45) is 0. The molecular formula is C14H21FN2O. The Morgan fingerprint density at radius 2 is 2.22 bits per heavy atom. The number of nitrogens with zero attached hydrogens (tertiary/aromatic N) is 1. The van der Waals surface area contributed by atoms with Crippen LogP contribution >= 0.6 is 0 Å². The van der Waals surface area contributed by atoms with Gasteiger partial charge in [0.25, 0.3) is 0 Å². The van der Waals surface area contributed by atoms with E-state index in [1.807, 2.05) is 6.07 Å². The predicted molar refractivity (Wildman–Crippen MR) is 69.6 cm³/mol. The second kappa shape index (κ2) is 5.34. The van der Waals surface area contributed by atoms with Crippen LogP contribution in [0.25, 0.3) is 0 Å². The quantitative estimate of drug-likeness (QED) is 0.893. The maximum Gasteiger partial charge on any atom is 0.127 e. The lowest BCUT2D eigenvalue weighted by molar-refractivity contribution is -0.0556. The molecule has 1 saturated heterocycles. The number of nitrogens with two attached hydrogens (primary N) is 1. The van der Waals surface area contributed by atoms with Gasteiger partial charge >= 0.3 is 0 Å². The number of rotatable bonds is 3. The van der Waals surface area contributed by atoms with Crippen LogP contribution in [-0.2, 0) is 17.8 Å². The van der Waals surface area contributed by atoms with Crippen LogP contribution in [-0.4, -0.2) is 30.2 Å². The molecular weight excluding hydrogens is 231 g/mol. The summed E-state index contributed by atoms with van der Waals surface area (Å²) in [5, 5.41) is 0. The van der Waals surface area contributed by atoms with Gasteiger partial charge in [0.1, 0.15) is 5.82 Å². The fourth-order valence-corrected chi connectivity index (χ4v) is 2.27. The van der Waals surface area contributed by atoms with Gasteiger partial charge in [-0.3, -0.25) is 4.90 Å². The molecule has 0 unspecified atom stereocenters. The summed E-state index contributed by atoms with van der Waals surface area (Å²) >= 11 is 0. The molecule has 3 nitrogen and oxygen atoms in total. The number of halogens is 1. The molecule has 0 amide bonds. The molecule has 0 saturated carbocycles. The Hall–Kier alpha value is -0.970. The molecule has 1 fully saturated rings. The van der Waals surface area contributed by atoms with Crippen LogP contribution in [0.1, 0.15) is 25.0 Å². The van der Waals surface area contributed by atoms with Crippen LogP contribution < -0.4 is 5.73 Å². The number of benzene rings is 1. The second-order valence-corrected chi connectivity index (χ2v) is 5.42. The highest BCUT2D eigenvalue weighted by molar-refractivity contribution is 5.25. The van der Waals surface area contributed by atoms with Gasteiger partial charge in [0.15, 0.2) is 0 Å². The van der Waals surface area contributed by atoms with E-state index in [0.717, 1.165) is 12.1 Å². The van der Waals surface area contributed by atoms with E-state index in [1.165, 1.54) is 6.07 Å². The summed E-state index contributed by atoms with van der Waals surface area (Å²) in [5.41, 5.74) is 7.23. The first-order valence-corrected chi connectivity index (χ1v) is 6.33. The van der Waals surface area contributed by atoms with Gasteiger partial charge in [-0.25, -0.2) is 4.39 Å². The van der Waals surface area contributed by atoms with Crippen LogP contribution in [0.5, 0.6) is 0 Å². The van der Waals surface area contributed by atoms with Crippen molar-refractivity contribution in [3.63, 3.8) is 0 Å². The molecule has 2 N–H and O–H groups in total. The number of hydrogen-bond donors (Lipinski definition) is 1. The van der Waals surface area contributed by atoms with Gasteiger partial charge in [0, 0.05) is 30.7 Å². The van der Waals surface area contributed by atoms with E-state index in [1.54, 1.807) is 6.07 Å². The second-order valence-electron chi connectivity index (χ2n) is 5.42. The Morgan fingerprint density at radius 1 is 1.44 bits per heavy atom. The SMILES string of the molecule is CC1(C)COCCN1Cc1cc(CN)ccc1F. The fourth-order valence-electron chi connectivity index (χ4n) is 2.27. The monoisotopic (exact) mass is 252 g/mol. The van der Waals surface area contributed by atoms with Crippen molar-refractivity contribution in [1.29, 1.82) is 0 Å². The average Bonchev–Trinajstić information content (AvgIpc) is 2.34. The zero-order valence-corrected chi connectivity index (χ0v) is 11.1. The molecule has 1 aromatic carbocycles. The van der Waals surface area contributed by atoms with Crippen molar-refractivity contribution < 1.29 is 9.13 Å². The van der Waals surface area contributed by atoms with E-state index in [9.17, 15) is 4.39 Å². The third kappa shape index (κ3) is 2.88. The molecule has 0 aromatic heterocycles. The third-order valence-corrected chi connectivity index (χ3v) is 3.52. The summed E-state index contributed by atoms with van der Waals surface area (Å²) in [6, 6.07) is 5.11. The lowest BCUT2D eigenvalue weighted by Crippen LogP contribution is -2.52. The Kier molecular flexibility index (Phi) is 4.00. The zero-order chi connectivity index (χ0) is 13.2. The first kappa shape index (κ1) is 13.5. The number of ether oxygens (including phenoxy) is 1. The molecule has 100 valence electrons. The van der Waals surface area contributed by atoms with E-state index in [2.05, 4.69) is 18.7 Å². The van der Waals surface area contributed by atoms with Crippen LogP contribution in [0.3, 0.4) is 0 Å². The zero-order valence-electron chi connectivity index (χ0n) is 11.1. The first-order chi connectivity index (χ1) is 8.53. The maximum atomic E-state index is 13.8. The van der Waals surface area contributed by atoms with Gasteiger partial charge in [-0.1, -0.05) is 12.1 Å². The summed E-state index contributed by atoms with van der Waals surface area (Å²) in [7, 11) is 0.